The lowest BCUT2D eigenvalue weighted by molar-refractivity contribution is -0.140. The molecule has 0 atom stereocenters. The summed E-state index contributed by atoms with van der Waals surface area (Å²) in [5.74, 6) is -1.78. The second-order valence-electron chi connectivity index (χ2n) is 7.51. The van der Waals surface area contributed by atoms with Gasteiger partial charge in [0.2, 0.25) is 0 Å². The minimum atomic E-state index is -4.87. The molecule has 12 heteroatoms. The van der Waals surface area contributed by atoms with Gasteiger partial charge in [0.15, 0.2) is 5.69 Å². The van der Waals surface area contributed by atoms with Gasteiger partial charge in [0.1, 0.15) is 11.8 Å². The number of benzene rings is 1. The molecule has 2 amide bonds. The average Bonchev–Trinajstić information content (AvgIpc) is 3.14. The standard InChI is InChI=1S/C23H16F3N7O2/c1-12-19(20(23(24,25)26)32-33(12)11-14-7-6-13(9-27)10-29-14)31-22(35)16-8-18(21(28)34)30-17-5-3-2-4-15(16)17/h2-8,10H,11H2,1H3,(H2,28,34)(H,31,35). The third-order valence-electron chi connectivity index (χ3n) is 5.19. The number of rotatable bonds is 5. The quantitative estimate of drug-likeness (QED) is 0.450. The van der Waals surface area contributed by atoms with Crippen LogP contribution in [-0.2, 0) is 12.7 Å². The molecule has 0 aliphatic carbocycles. The van der Waals surface area contributed by atoms with Gasteiger partial charge >= 0.3 is 6.18 Å². The highest BCUT2D eigenvalue weighted by molar-refractivity contribution is 6.14. The highest BCUT2D eigenvalue weighted by Gasteiger charge is 2.39. The number of aromatic nitrogens is 4. The Morgan fingerprint density at radius 1 is 1.20 bits per heavy atom. The number of carbonyl (C=O) groups is 2. The first kappa shape index (κ1) is 23.4. The summed E-state index contributed by atoms with van der Waals surface area (Å²) in [5.41, 5.74) is 4.20. The van der Waals surface area contributed by atoms with Crippen molar-refractivity contribution in [2.24, 2.45) is 5.73 Å². The summed E-state index contributed by atoms with van der Waals surface area (Å²) in [6, 6.07) is 12.4. The summed E-state index contributed by atoms with van der Waals surface area (Å²) in [5, 5.41) is 15.2. The van der Waals surface area contributed by atoms with Crippen LogP contribution in [0.15, 0.2) is 48.7 Å². The first-order valence-electron chi connectivity index (χ1n) is 10.1. The van der Waals surface area contributed by atoms with Gasteiger partial charge in [-0.15, -0.1) is 0 Å². The van der Waals surface area contributed by atoms with Gasteiger partial charge in [0, 0.05) is 11.6 Å². The lowest BCUT2D eigenvalue weighted by atomic mass is 10.1. The Morgan fingerprint density at radius 3 is 2.57 bits per heavy atom. The predicted octanol–water partition coefficient (Wildman–Crippen LogP) is 3.42. The number of para-hydroxylation sites is 1. The van der Waals surface area contributed by atoms with E-state index in [2.05, 4.69) is 20.4 Å². The number of hydrogen-bond donors (Lipinski definition) is 2. The molecular formula is C23H16F3N7O2. The topological polar surface area (TPSA) is 140 Å². The van der Waals surface area contributed by atoms with Gasteiger partial charge in [-0.05, 0) is 31.2 Å². The van der Waals surface area contributed by atoms with E-state index >= 15 is 0 Å². The van der Waals surface area contributed by atoms with Crippen LogP contribution in [0.3, 0.4) is 0 Å². The number of halogens is 3. The maximum absolute atomic E-state index is 13.8. The lowest BCUT2D eigenvalue weighted by Gasteiger charge is -2.11. The van der Waals surface area contributed by atoms with Crippen LogP contribution in [0, 0.1) is 18.3 Å². The van der Waals surface area contributed by atoms with E-state index < -0.39 is 29.4 Å². The Hall–Kier alpha value is -4.79. The number of carbonyl (C=O) groups excluding carboxylic acids is 2. The number of primary amides is 1. The Labute approximate surface area is 196 Å². The predicted molar refractivity (Wildman–Crippen MR) is 118 cm³/mol. The maximum atomic E-state index is 13.8. The number of nitrogens with zero attached hydrogens (tertiary/aromatic N) is 5. The molecule has 3 heterocycles. The molecule has 3 aromatic heterocycles. The number of nitrogens with two attached hydrogens (primary N) is 1. The second kappa shape index (κ2) is 8.86. The molecule has 0 fully saturated rings. The van der Waals surface area contributed by atoms with Crippen LogP contribution in [0.25, 0.3) is 10.9 Å². The minimum Gasteiger partial charge on any atom is -0.364 e. The van der Waals surface area contributed by atoms with Gasteiger partial charge in [-0.1, -0.05) is 18.2 Å². The molecule has 176 valence electrons. The highest BCUT2D eigenvalue weighted by atomic mass is 19.4. The van der Waals surface area contributed by atoms with Gasteiger partial charge in [0.25, 0.3) is 11.8 Å². The first-order valence-corrected chi connectivity index (χ1v) is 10.1. The molecule has 0 saturated heterocycles. The Morgan fingerprint density at radius 2 is 1.94 bits per heavy atom. The highest BCUT2D eigenvalue weighted by Crippen LogP contribution is 2.36. The number of pyridine rings is 2. The van der Waals surface area contributed by atoms with Crippen molar-refractivity contribution >= 4 is 28.4 Å². The fraction of sp³-hybridized carbons (Fsp3) is 0.130. The van der Waals surface area contributed by atoms with Crippen molar-refractivity contribution in [2.45, 2.75) is 19.6 Å². The summed E-state index contributed by atoms with van der Waals surface area (Å²) in [6.07, 6.45) is -3.57. The summed E-state index contributed by atoms with van der Waals surface area (Å²) in [7, 11) is 0. The molecule has 3 N–H and O–H groups in total. The molecule has 0 spiro atoms. The van der Waals surface area contributed by atoms with Crippen molar-refractivity contribution in [3.8, 4) is 6.07 Å². The Kier molecular flexibility index (Phi) is 5.92. The third kappa shape index (κ3) is 4.65. The normalized spacial score (nSPS) is 11.3. The summed E-state index contributed by atoms with van der Waals surface area (Å²) in [6.45, 7) is 1.25. The van der Waals surface area contributed by atoms with Crippen LogP contribution in [-0.4, -0.2) is 31.6 Å². The van der Waals surface area contributed by atoms with Gasteiger partial charge < -0.3 is 11.1 Å². The SMILES string of the molecule is Cc1c(NC(=O)c2cc(C(N)=O)nc3ccccc23)c(C(F)(F)F)nn1Cc1ccc(C#N)cn1. The van der Waals surface area contributed by atoms with Crippen LogP contribution in [0.5, 0.6) is 0 Å². The van der Waals surface area contributed by atoms with Crippen LogP contribution in [0.4, 0.5) is 18.9 Å². The number of amides is 2. The molecule has 0 unspecified atom stereocenters. The van der Waals surface area contributed by atoms with Gasteiger partial charge in [0.05, 0.1) is 40.3 Å². The van der Waals surface area contributed by atoms with E-state index in [0.29, 0.717) is 16.6 Å². The van der Waals surface area contributed by atoms with Crippen molar-refractivity contribution in [2.75, 3.05) is 5.32 Å². The lowest BCUT2D eigenvalue weighted by Crippen LogP contribution is -2.19. The van der Waals surface area contributed by atoms with E-state index in [9.17, 15) is 22.8 Å². The molecule has 9 nitrogen and oxygen atoms in total. The number of hydrogen-bond acceptors (Lipinski definition) is 6. The number of anilines is 1. The summed E-state index contributed by atoms with van der Waals surface area (Å²) >= 11 is 0. The van der Waals surface area contributed by atoms with Crippen LogP contribution < -0.4 is 11.1 Å². The summed E-state index contributed by atoms with van der Waals surface area (Å²) < 4.78 is 42.5. The molecule has 0 aliphatic heterocycles. The Bertz CT molecular complexity index is 1500. The molecule has 4 rings (SSSR count). The maximum Gasteiger partial charge on any atom is 0.437 e. The van der Waals surface area contributed by atoms with Crippen LogP contribution in [0.1, 0.15) is 43.5 Å². The Balaban J connectivity index is 1.75. The molecular weight excluding hydrogens is 463 g/mol. The largest absolute Gasteiger partial charge is 0.437 e. The van der Waals surface area contributed by atoms with Crippen molar-refractivity contribution in [3.05, 3.63) is 82.6 Å². The van der Waals surface area contributed by atoms with Crippen molar-refractivity contribution < 1.29 is 22.8 Å². The zero-order valence-electron chi connectivity index (χ0n) is 18.1. The molecule has 0 aliphatic rings. The smallest absolute Gasteiger partial charge is 0.364 e. The van der Waals surface area contributed by atoms with E-state index in [4.69, 9.17) is 11.0 Å². The molecule has 1 aromatic carbocycles. The number of alkyl halides is 3. The van der Waals surface area contributed by atoms with E-state index in [1.54, 1.807) is 24.3 Å². The van der Waals surface area contributed by atoms with Gasteiger partial charge in [-0.2, -0.15) is 23.5 Å². The van der Waals surface area contributed by atoms with E-state index in [1.165, 1.54) is 25.3 Å². The zero-order chi connectivity index (χ0) is 25.3. The third-order valence-corrected chi connectivity index (χ3v) is 5.19. The fourth-order valence-corrected chi connectivity index (χ4v) is 3.46. The fourth-order valence-electron chi connectivity index (χ4n) is 3.46. The number of fused-ring (bicyclic) bond motifs is 1. The zero-order valence-corrected chi connectivity index (χ0v) is 18.1. The minimum absolute atomic E-state index is 0.0327. The van der Waals surface area contributed by atoms with Crippen LogP contribution >= 0.6 is 0 Å². The monoisotopic (exact) mass is 479 g/mol. The van der Waals surface area contributed by atoms with E-state index in [-0.39, 0.29) is 29.0 Å². The second-order valence-corrected chi connectivity index (χ2v) is 7.51. The molecule has 4 aromatic rings. The molecule has 0 saturated carbocycles. The first-order chi connectivity index (χ1) is 16.6. The molecule has 0 bridgehead atoms. The van der Waals surface area contributed by atoms with Gasteiger partial charge in [-0.3, -0.25) is 19.3 Å². The van der Waals surface area contributed by atoms with Crippen molar-refractivity contribution in [3.63, 3.8) is 0 Å². The summed E-state index contributed by atoms with van der Waals surface area (Å²) in [4.78, 5) is 32.9. The average molecular weight is 479 g/mol. The van der Waals surface area contributed by atoms with Crippen molar-refractivity contribution in [1.82, 2.24) is 19.7 Å². The molecule has 0 radical (unpaired) electrons. The van der Waals surface area contributed by atoms with Crippen molar-refractivity contribution in [1.29, 1.82) is 5.26 Å². The number of nitriles is 1. The number of nitrogens with one attached hydrogen (secondary N) is 1. The van der Waals surface area contributed by atoms with Gasteiger partial charge in [-0.25, -0.2) is 4.98 Å². The molecule has 35 heavy (non-hydrogen) atoms. The van der Waals surface area contributed by atoms with Crippen LogP contribution in [0.2, 0.25) is 0 Å². The van der Waals surface area contributed by atoms with E-state index in [0.717, 1.165) is 10.7 Å². The van der Waals surface area contributed by atoms with E-state index in [1.807, 2.05) is 6.07 Å².